The minimum Gasteiger partial charge on any atom is -0.748 e. The van der Waals surface area contributed by atoms with E-state index in [9.17, 15) is 51.9 Å². The van der Waals surface area contributed by atoms with Gasteiger partial charge in [0.2, 0.25) is 0 Å². The van der Waals surface area contributed by atoms with Crippen LogP contribution in [0.15, 0.2) is 133 Å². The quantitative estimate of drug-likeness (QED) is 0.110. The van der Waals surface area contributed by atoms with Gasteiger partial charge in [-0.2, -0.15) is 16.8 Å². The fraction of sp³-hybridized carbons (Fsp3) is 0.0952. The standard InChI is InChI=1S/2C21H17NO6S2.2Na/c2*23-29(24,25)12-14-6-8-17-18(10-14)19-11-15(13-30(26,27)28)7-9-20(19)22-21(17)16-4-2-1-3-5-16;;/h2*1-11H,12-13H2,(H,23,24,25)(H,26,27,28);;/q;;2*+1/p-2. The van der Waals surface area contributed by atoms with E-state index in [-0.39, 0.29) is 59.1 Å². The van der Waals surface area contributed by atoms with E-state index in [1.165, 1.54) is 0 Å². The molecule has 2 heterocycles. The van der Waals surface area contributed by atoms with Gasteiger partial charge in [0, 0.05) is 32.7 Å². The molecule has 0 amide bonds. The van der Waals surface area contributed by atoms with Gasteiger partial charge in [-0.1, -0.05) is 97.1 Å². The molecule has 0 saturated heterocycles. The summed E-state index contributed by atoms with van der Waals surface area (Å²) in [6.07, 6.45) is 0. The molecule has 0 aliphatic heterocycles. The first-order valence-electron chi connectivity index (χ1n) is 17.8. The number of rotatable bonds is 10. The topological polar surface area (TPSA) is 249 Å². The van der Waals surface area contributed by atoms with Crippen LogP contribution in [-0.4, -0.2) is 61.9 Å². The molecule has 308 valence electrons. The van der Waals surface area contributed by atoms with Crippen molar-refractivity contribution in [3.8, 4) is 22.5 Å². The van der Waals surface area contributed by atoms with Gasteiger partial charge in [-0.25, -0.2) is 26.8 Å². The van der Waals surface area contributed by atoms with E-state index < -0.39 is 63.5 Å². The van der Waals surface area contributed by atoms with Crippen LogP contribution >= 0.6 is 0 Å². The van der Waals surface area contributed by atoms with E-state index in [1.807, 2.05) is 60.7 Å². The summed E-state index contributed by atoms with van der Waals surface area (Å²) in [6, 6.07) is 38.3. The van der Waals surface area contributed by atoms with Gasteiger partial charge in [0.25, 0.3) is 20.2 Å². The van der Waals surface area contributed by atoms with E-state index in [4.69, 9.17) is 9.97 Å². The van der Waals surface area contributed by atoms with Crippen molar-refractivity contribution in [3.05, 3.63) is 156 Å². The van der Waals surface area contributed by atoms with Gasteiger partial charge >= 0.3 is 59.1 Å². The number of pyridine rings is 2. The molecule has 62 heavy (non-hydrogen) atoms. The summed E-state index contributed by atoms with van der Waals surface area (Å²) < 4.78 is 131. The van der Waals surface area contributed by atoms with Crippen LogP contribution in [0.25, 0.3) is 65.9 Å². The second-order valence-corrected chi connectivity index (χ2v) is 19.7. The van der Waals surface area contributed by atoms with E-state index in [0.29, 0.717) is 66.2 Å². The molecule has 8 aromatic rings. The normalized spacial score (nSPS) is 12.1. The number of hydrogen-bond donors (Lipinski definition) is 2. The minimum absolute atomic E-state index is 0. The van der Waals surface area contributed by atoms with Crippen molar-refractivity contribution in [3.63, 3.8) is 0 Å². The summed E-state index contributed by atoms with van der Waals surface area (Å²) in [5, 5.41) is 3.91. The van der Waals surface area contributed by atoms with E-state index >= 15 is 0 Å². The smallest absolute Gasteiger partial charge is 0.748 e. The van der Waals surface area contributed by atoms with Crippen LogP contribution in [0.4, 0.5) is 0 Å². The zero-order chi connectivity index (χ0) is 43.0. The molecule has 14 nitrogen and oxygen atoms in total. The van der Waals surface area contributed by atoms with Crippen molar-refractivity contribution < 1.29 is 111 Å². The Bertz CT molecular complexity index is 3200. The molecule has 2 N–H and O–H groups in total. The SMILES string of the molecule is O=S(=O)([O-])Cc1ccc2c(-c3ccccc3)nc3ccc(CS(=O)(=O)O)cc3c2c1.O=S(=O)([O-])Cc1ccc2c(-c3ccccc3)nc3ccc(CS(=O)(=O)O)cc3c2c1.[Na+].[Na+]. The third kappa shape index (κ3) is 12.7. The molecule has 0 saturated carbocycles. The molecule has 0 radical (unpaired) electrons. The van der Waals surface area contributed by atoms with Crippen LogP contribution in [0.3, 0.4) is 0 Å². The molecule has 0 unspecified atom stereocenters. The van der Waals surface area contributed by atoms with Crippen molar-refractivity contribution in [1.82, 2.24) is 9.97 Å². The van der Waals surface area contributed by atoms with E-state index in [0.717, 1.165) is 21.9 Å². The van der Waals surface area contributed by atoms with Gasteiger partial charge in [-0.05, 0) is 69.4 Å². The van der Waals surface area contributed by atoms with E-state index in [2.05, 4.69) is 0 Å². The number of aromatic nitrogens is 2. The summed E-state index contributed by atoms with van der Waals surface area (Å²) in [7, 11) is -17.4. The van der Waals surface area contributed by atoms with Gasteiger partial charge in [-0.3, -0.25) is 9.11 Å². The Balaban J connectivity index is 0.000000227. The third-order valence-electron chi connectivity index (χ3n) is 9.32. The first-order chi connectivity index (χ1) is 28.2. The molecular weight excluding hydrogens is 899 g/mol. The summed E-state index contributed by atoms with van der Waals surface area (Å²) in [6.45, 7) is 0. The summed E-state index contributed by atoms with van der Waals surface area (Å²) in [4.78, 5) is 9.45. The number of benzene rings is 6. The van der Waals surface area contributed by atoms with Gasteiger partial charge in [0.05, 0.1) is 54.2 Å². The van der Waals surface area contributed by atoms with Crippen molar-refractivity contribution in [1.29, 1.82) is 0 Å². The van der Waals surface area contributed by atoms with E-state index in [1.54, 1.807) is 72.8 Å². The Labute approximate surface area is 402 Å². The molecule has 2 aromatic heterocycles. The van der Waals surface area contributed by atoms with Crippen molar-refractivity contribution >= 4 is 83.8 Å². The van der Waals surface area contributed by atoms with Gasteiger partial charge in [0.15, 0.2) is 0 Å². The molecule has 20 heteroatoms. The van der Waals surface area contributed by atoms with Crippen LogP contribution in [0.2, 0.25) is 0 Å². The van der Waals surface area contributed by atoms with Gasteiger partial charge in [-0.15, -0.1) is 0 Å². The fourth-order valence-corrected chi connectivity index (χ4v) is 9.39. The van der Waals surface area contributed by atoms with Crippen LogP contribution in [0.5, 0.6) is 0 Å². The zero-order valence-corrected chi connectivity index (χ0v) is 40.3. The maximum Gasteiger partial charge on any atom is 1.00 e. The zero-order valence-electron chi connectivity index (χ0n) is 33.0. The summed E-state index contributed by atoms with van der Waals surface area (Å²) in [5.74, 6) is -2.42. The average Bonchev–Trinajstić information content (AvgIpc) is 3.16. The molecular formula is C42H32N2Na2O12S4. The Kier molecular flexibility index (Phi) is 15.6. The molecule has 0 aliphatic carbocycles. The molecule has 0 bridgehead atoms. The number of hydrogen-bond acceptors (Lipinski definition) is 12. The minimum atomic E-state index is -4.47. The third-order valence-corrected chi connectivity index (χ3v) is 12.1. The summed E-state index contributed by atoms with van der Waals surface area (Å²) in [5.41, 5.74) is 5.59. The molecule has 0 fully saturated rings. The molecule has 0 aliphatic rings. The van der Waals surface area contributed by atoms with Crippen LogP contribution < -0.4 is 59.1 Å². The first kappa shape index (κ1) is 49.3. The van der Waals surface area contributed by atoms with Gasteiger partial charge in [0.1, 0.15) is 11.5 Å². The fourth-order valence-electron chi connectivity index (χ4n) is 7.02. The maximum absolute atomic E-state index is 11.3. The Morgan fingerprint density at radius 3 is 1.02 bits per heavy atom. The Morgan fingerprint density at radius 1 is 0.387 bits per heavy atom. The van der Waals surface area contributed by atoms with Crippen molar-refractivity contribution in [2.24, 2.45) is 0 Å². The predicted molar refractivity (Wildman–Crippen MR) is 227 cm³/mol. The molecule has 0 atom stereocenters. The second-order valence-electron chi connectivity index (χ2n) is 14.0. The van der Waals surface area contributed by atoms with Crippen LogP contribution in [0.1, 0.15) is 22.3 Å². The molecule has 8 rings (SSSR count). The van der Waals surface area contributed by atoms with Crippen molar-refractivity contribution in [2.75, 3.05) is 0 Å². The molecule has 0 spiro atoms. The number of fused-ring (bicyclic) bond motifs is 6. The largest absolute Gasteiger partial charge is 1.00 e. The second kappa shape index (κ2) is 19.6. The maximum atomic E-state index is 11.3. The first-order valence-corrected chi connectivity index (χ1v) is 24.1. The Morgan fingerprint density at radius 2 is 0.694 bits per heavy atom. The van der Waals surface area contributed by atoms with Crippen LogP contribution in [-0.2, 0) is 63.5 Å². The summed E-state index contributed by atoms with van der Waals surface area (Å²) >= 11 is 0. The Hall–Kier alpha value is -3.70. The molecule has 6 aromatic carbocycles. The average molecular weight is 931 g/mol. The van der Waals surface area contributed by atoms with Crippen molar-refractivity contribution in [2.45, 2.75) is 23.0 Å². The number of nitrogens with zero attached hydrogens (tertiary/aromatic N) is 2. The van der Waals surface area contributed by atoms with Gasteiger partial charge < -0.3 is 9.11 Å². The predicted octanol–water partition coefficient (Wildman–Crippen LogP) is 0.984. The van der Waals surface area contributed by atoms with Crippen LogP contribution in [0, 0.1) is 0 Å². The monoisotopic (exact) mass is 930 g/mol.